The maximum absolute atomic E-state index is 13.2. The summed E-state index contributed by atoms with van der Waals surface area (Å²) < 4.78 is 69.0. The van der Waals surface area contributed by atoms with Gasteiger partial charge in [-0.05, 0) is 24.3 Å². The second-order valence-electron chi connectivity index (χ2n) is 6.38. The summed E-state index contributed by atoms with van der Waals surface area (Å²) in [5, 5.41) is 13.7. The monoisotopic (exact) mass is 479 g/mol. The topological polar surface area (TPSA) is 118 Å². The van der Waals surface area contributed by atoms with Crippen LogP contribution in [0.5, 0.6) is 0 Å². The number of aromatic nitrogens is 6. The Morgan fingerprint density at radius 3 is 2.66 bits per heavy atom. The second kappa shape index (κ2) is 7.95. The molecule has 0 unspecified atom stereocenters. The van der Waals surface area contributed by atoms with E-state index in [4.69, 9.17) is 19.4 Å². The molecule has 15 heteroatoms. The number of alkyl halides is 3. The lowest BCUT2D eigenvalue weighted by Crippen LogP contribution is -2.18. The van der Waals surface area contributed by atoms with E-state index in [0.29, 0.717) is 11.9 Å². The number of hydrogen-bond acceptors (Lipinski definition) is 6. The van der Waals surface area contributed by atoms with Crippen molar-refractivity contribution in [2.45, 2.75) is 11.1 Å². The SMILES string of the molecule is [B]c1cnc(-c2nncn2-c2ccn[nH]2)c(NS(=O)(=O)c2ccc(Cl)c(C(F)(F)F)c2)c1. The highest BCUT2D eigenvalue weighted by atomic mass is 35.5. The maximum Gasteiger partial charge on any atom is 0.417 e. The highest BCUT2D eigenvalue weighted by Crippen LogP contribution is 2.36. The van der Waals surface area contributed by atoms with Crippen molar-refractivity contribution in [1.29, 1.82) is 0 Å². The van der Waals surface area contributed by atoms with Crippen molar-refractivity contribution in [3.8, 4) is 17.3 Å². The molecule has 0 aliphatic carbocycles. The molecule has 4 rings (SSSR count). The number of anilines is 1. The summed E-state index contributed by atoms with van der Waals surface area (Å²) in [6.07, 6.45) is -0.748. The smallest absolute Gasteiger partial charge is 0.277 e. The van der Waals surface area contributed by atoms with E-state index in [1.807, 2.05) is 0 Å². The van der Waals surface area contributed by atoms with Gasteiger partial charge in [-0.1, -0.05) is 17.1 Å². The molecule has 2 N–H and O–H groups in total. The molecule has 32 heavy (non-hydrogen) atoms. The average Bonchev–Trinajstić information content (AvgIpc) is 3.38. The highest BCUT2D eigenvalue weighted by molar-refractivity contribution is 7.92. The van der Waals surface area contributed by atoms with E-state index in [9.17, 15) is 21.6 Å². The Morgan fingerprint density at radius 2 is 1.97 bits per heavy atom. The van der Waals surface area contributed by atoms with Crippen molar-refractivity contribution < 1.29 is 21.6 Å². The number of pyridine rings is 1. The number of H-pyrrole nitrogens is 1. The van der Waals surface area contributed by atoms with Crippen LogP contribution in [0.15, 0.2) is 53.9 Å². The van der Waals surface area contributed by atoms with Gasteiger partial charge >= 0.3 is 6.18 Å². The third-order valence-corrected chi connectivity index (χ3v) is 5.90. The maximum atomic E-state index is 13.2. The minimum Gasteiger partial charge on any atom is -0.277 e. The third kappa shape index (κ3) is 4.18. The fourth-order valence-corrected chi connectivity index (χ4v) is 4.09. The molecular formula is C17H10BClF3N7O2S. The molecule has 0 fully saturated rings. The molecule has 4 aromatic rings. The van der Waals surface area contributed by atoms with Crippen LogP contribution < -0.4 is 10.2 Å². The van der Waals surface area contributed by atoms with Crippen molar-refractivity contribution in [2.24, 2.45) is 0 Å². The van der Waals surface area contributed by atoms with Gasteiger partial charge in [0.1, 0.15) is 25.7 Å². The van der Waals surface area contributed by atoms with Crippen LogP contribution in [0.4, 0.5) is 18.9 Å². The van der Waals surface area contributed by atoms with Gasteiger partial charge in [-0.3, -0.25) is 19.4 Å². The lowest BCUT2D eigenvalue weighted by atomic mass is 9.98. The predicted octanol–water partition coefficient (Wildman–Crippen LogP) is 2.32. The highest BCUT2D eigenvalue weighted by Gasteiger charge is 2.34. The summed E-state index contributed by atoms with van der Waals surface area (Å²) in [7, 11) is 1.26. The lowest BCUT2D eigenvalue weighted by Gasteiger charge is -2.15. The van der Waals surface area contributed by atoms with Gasteiger partial charge in [0.15, 0.2) is 5.82 Å². The molecule has 2 radical (unpaired) electrons. The number of halogens is 4. The quantitative estimate of drug-likeness (QED) is 0.424. The molecule has 9 nitrogen and oxygen atoms in total. The first-order valence-electron chi connectivity index (χ1n) is 8.61. The molecule has 0 saturated heterocycles. The van der Waals surface area contributed by atoms with Crippen LogP contribution >= 0.6 is 11.6 Å². The van der Waals surface area contributed by atoms with Gasteiger partial charge in [-0.25, -0.2) is 8.42 Å². The molecule has 162 valence electrons. The summed E-state index contributed by atoms with van der Waals surface area (Å²) in [4.78, 5) is 3.47. The van der Waals surface area contributed by atoms with E-state index in [0.717, 1.165) is 12.1 Å². The van der Waals surface area contributed by atoms with Crippen LogP contribution in [0.2, 0.25) is 5.02 Å². The Morgan fingerprint density at radius 1 is 1.19 bits per heavy atom. The Labute approximate surface area is 185 Å². The van der Waals surface area contributed by atoms with Crippen LogP contribution in [0.1, 0.15) is 5.56 Å². The molecule has 0 saturated carbocycles. The molecule has 0 aliphatic rings. The number of rotatable bonds is 5. The van der Waals surface area contributed by atoms with Gasteiger partial charge in [0, 0.05) is 12.3 Å². The lowest BCUT2D eigenvalue weighted by molar-refractivity contribution is -0.137. The minimum atomic E-state index is -4.84. The Balaban J connectivity index is 1.79. The molecule has 0 aliphatic heterocycles. The fraction of sp³-hybridized carbons (Fsp3) is 0.0588. The second-order valence-corrected chi connectivity index (χ2v) is 8.47. The van der Waals surface area contributed by atoms with E-state index in [-0.39, 0.29) is 22.7 Å². The van der Waals surface area contributed by atoms with Gasteiger partial charge < -0.3 is 0 Å². The first-order chi connectivity index (χ1) is 15.1. The number of benzene rings is 1. The van der Waals surface area contributed by atoms with Crippen molar-refractivity contribution in [3.05, 3.63) is 59.6 Å². The van der Waals surface area contributed by atoms with E-state index in [2.05, 4.69) is 30.1 Å². The fourth-order valence-electron chi connectivity index (χ4n) is 2.78. The zero-order valence-corrected chi connectivity index (χ0v) is 17.2. The van der Waals surface area contributed by atoms with Crippen LogP contribution in [0.25, 0.3) is 17.3 Å². The first kappa shape index (κ1) is 21.8. The van der Waals surface area contributed by atoms with Gasteiger partial charge in [0.2, 0.25) is 0 Å². The average molecular weight is 480 g/mol. The summed E-state index contributed by atoms with van der Waals surface area (Å²) in [5.74, 6) is 0.587. The Bertz CT molecular complexity index is 1390. The standard InChI is InChI=1S/C17H10BClF3N7O2S/c18-9-5-13(15(23-7-9)16-27-25-8-29(16)14-3-4-24-26-14)28-32(30,31)10-1-2-12(19)11(6-10)17(20,21)22/h1-8,28H,(H,24,26). The van der Waals surface area contributed by atoms with Crippen LogP contribution in [-0.2, 0) is 16.2 Å². The van der Waals surface area contributed by atoms with Gasteiger partial charge in [-0.15, -0.1) is 10.2 Å². The number of nitrogens with one attached hydrogen (secondary N) is 2. The Hall–Kier alpha value is -3.39. The van der Waals surface area contributed by atoms with Crippen molar-refractivity contribution in [1.82, 2.24) is 29.9 Å². The first-order valence-corrected chi connectivity index (χ1v) is 10.5. The Kier molecular flexibility index (Phi) is 5.42. The molecule has 0 spiro atoms. The molecule has 1 aromatic carbocycles. The number of nitrogens with zero attached hydrogens (tertiary/aromatic N) is 5. The molecule has 0 atom stereocenters. The van der Waals surface area contributed by atoms with Gasteiger partial charge in [0.25, 0.3) is 10.0 Å². The van der Waals surface area contributed by atoms with Gasteiger partial charge in [-0.2, -0.15) is 18.3 Å². The number of sulfonamides is 1. The van der Waals surface area contributed by atoms with E-state index < -0.39 is 31.7 Å². The molecular weight excluding hydrogens is 470 g/mol. The molecule has 0 amide bonds. The summed E-state index contributed by atoms with van der Waals surface area (Å²) in [5.41, 5.74) is -1.28. The summed E-state index contributed by atoms with van der Waals surface area (Å²) >= 11 is 5.58. The van der Waals surface area contributed by atoms with Crippen LogP contribution in [-0.4, -0.2) is 46.2 Å². The predicted molar refractivity (Wildman–Crippen MR) is 109 cm³/mol. The molecule has 3 aromatic heterocycles. The van der Waals surface area contributed by atoms with Crippen LogP contribution in [0.3, 0.4) is 0 Å². The minimum absolute atomic E-state index is 0.0277. The molecule has 0 bridgehead atoms. The number of hydrogen-bond donors (Lipinski definition) is 2. The summed E-state index contributed by atoms with van der Waals surface area (Å²) in [6, 6.07) is 5.11. The van der Waals surface area contributed by atoms with E-state index >= 15 is 0 Å². The third-order valence-electron chi connectivity index (χ3n) is 4.21. The number of aromatic amines is 1. The van der Waals surface area contributed by atoms with Crippen LogP contribution in [0, 0.1) is 0 Å². The summed E-state index contributed by atoms with van der Waals surface area (Å²) in [6.45, 7) is 0. The normalized spacial score (nSPS) is 12.1. The van der Waals surface area contributed by atoms with E-state index in [1.54, 1.807) is 6.07 Å². The van der Waals surface area contributed by atoms with E-state index in [1.165, 1.54) is 29.4 Å². The molecule has 3 heterocycles. The zero-order chi connectivity index (χ0) is 23.1. The van der Waals surface area contributed by atoms with Crippen molar-refractivity contribution >= 4 is 40.6 Å². The van der Waals surface area contributed by atoms with Crippen molar-refractivity contribution in [3.63, 3.8) is 0 Å². The van der Waals surface area contributed by atoms with Crippen molar-refractivity contribution in [2.75, 3.05) is 4.72 Å². The zero-order valence-electron chi connectivity index (χ0n) is 15.7. The largest absolute Gasteiger partial charge is 0.417 e. The van der Waals surface area contributed by atoms with Gasteiger partial charge in [0.05, 0.1) is 27.4 Å².